The van der Waals surface area contributed by atoms with Crippen molar-refractivity contribution in [2.75, 3.05) is 13.1 Å². The molecule has 2 atom stereocenters. The van der Waals surface area contributed by atoms with Gasteiger partial charge in [0.05, 0.1) is 5.56 Å². The molecule has 0 spiro atoms. The number of nitrogens with zero attached hydrogens (tertiary/aromatic N) is 1. The molecular formula is C13H16BrClN2O. The van der Waals surface area contributed by atoms with Crippen LogP contribution in [0.1, 0.15) is 23.7 Å². The smallest absolute Gasteiger partial charge is 0.255 e. The van der Waals surface area contributed by atoms with E-state index in [2.05, 4.69) is 22.9 Å². The van der Waals surface area contributed by atoms with Gasteiger partial charge in [-0.3, -0.25) is 4.79 Å². The maximum atomic E-state index is 12.5. The van der Waals surface area contributed by atoms with Crippen LogP contribution in [-0.2, 0) is 0 Å². The minimum absolute atomic E-state index is 0.0211. The molecule has 1 heterocycles. The van der Waals surface area contributed by atoms with Gasteiger partial charge in [0.15, 0.2) is 0 Å². The van der Waals surface area contributed by atoms with E-state index in [4.69, 9.17) is 17.3 Å². The first kappa shape index (κ1) is 13.8. The van der Waals surface area contributed by atoms with Crippen LogP contribution in [-0.4, -0.2) is 29.9 Å². The number of hydrogen-bond acceptors (Lipinski definition) is 2. The maximum Gasteiger partial charge on any atom is 0.255 e. The van der Waals surface area contributed by atoms with E-state index in [0.29, 0.717) is 23.0 Å². The maximum absolute atomic E-state index is 12.5. The monoisotopic (exact) mass is 330 g/mol. The standard InChI is InChI=1S/C13H16BrClN2O/c1-8-4-9(6-16)7-17(8)13(18)11-5-10(15)2-3-12(11)14/h2-3,5,8-9H,4,6-7,16H2,1H3. The number of likely N-dealkylation sites (tertiary alicyclic amines) is 1. The van der Waals surface area contributed by atoms with E-state index in [0.717, 1.165) is 17.4 Å². The van der Waals surface area contributed by atoms with Gasteiger partial charge in [-0.1, -0.05) is 11.6 Å². The number of hydrogen-bond donors (Lipinski definition) is 1. The van der Waals surface area contributed by atoms with Crippen molar-refractivity contribution in [1.29, 1.82) is 0 Å². The SMILES string of the molecule is CC1CC(CN)CN1C(=O)c1cc(Cl)ccc1Br. The van der Waals surface area contributed by atoms with E-state index in [1.807, 2.05) is 4.90 Å². The van der Waals surface area contributed by atoms with Crippen LogP contribution in [0.2, 0.25) is 5.02 Å². The fraction of sp³-hybridized carbons (Fsp3) is 0.462. The summed E-state index contributed by atoms with van der Waals surface area (Å²) in [4.78, 5) is 14.4. The molecule has 0 radical (unpaired) electrons. The van der Waals surface area contributed by atoms with Crippen molar-refractivity contribution in [1.82, 2.24) is 4.90 Å². The van der Waals surface area contributed by atoms with Crippen LogP contribution >= 0.6 is 27.5 Å². The highest BCUT2D eigenvalue weighted by molar-refractivity contribution is 9.10. The average Bonchev–Trinajstić information content (AvgIpc) is 2.73. The van der Waals surface area contributed by atoms with Gasteiger partial charge < -0.3 is 10.6 Å². The summed E-state index contributed by atoms with van der Waals surface area (Å²) in [6, 6.07) is 5.50. The summed E-state index contributed by atoms with van der Waals surface area (Å²) < 4.78 is 0.778. The van der Waals surface area contributed by atoms with E-state index in [1.165, 1.54) is 0 Å². The lowest BCUT2D eigenvalue weighted by molar-refractivity contribution is 0.0742. The Bertz CT molecular complexity index is 466. The minimum atomic E-state index is 0.0211. The Morgan fingerprint density at radius 3 is 2.94 bits per heavy atom. The molecule has 2 unspecified atom stereocenters. The molecule has 2 N–H and O–H groups in total. The van der Waals surface area contributed by atoms with E-state index in [9.17, 15) is 4.79 Å². The van der Waals surface area contributed by atoms with Crippen molar-refractivity contribution in [3.63, 3.8) is 0 Å². The van der Waals surface area contributed by atoms with Gasteiger partial charge >= 0.3 is 0 Å². The summed E-state index contributed by atoms with van der Waals surface area (Å²) >= 11 is 9.35. The predicted octanol–water partition coefficient (Wildman–Crippen LogP) is 2.91. The highest BCUT2D eigenvalue weighted by atomic mass is 79.9. The summed E-state index contributed by atoms with van der Waals surface area (Å²) in [6.45, 7) is 3.42. The Labute approximate surface area is 120 Å². The molecule has 0 saturated carbocycles. The number of rotatable bonds is 2. The number of benzene rings is 1. The van der Waals surface area contributed by atoms with Gasteiger partial charge in [-0.2, -0.15) is 0 Å². The van der Waals surface area contributed by atoms with Crippen molar-refractivity contribution in [3.8, 4) is 0 Å². The molecule has 1 amide bonds. The lowest BCUT2D eigenvalue weighted by atomic mass is 10.1. The first-order valence-corrected chi connectivity index (χ1v) is 7.16. The quantitative estimate of drug-likeness (QED) is 0.905. The Morgan fingerprint density at radius 2 is 2.33 bits per heavy atom. The number of carbonyl (C=O) groups excluding carboxylic acids is 1. The summed E-state index contributed by atoms with van der Waals surface area (Å²) in [5.74, 6) is 0.426. The summed E-state index contributed by atoms with van der Waals surface area (Å²) in [6.07, 6.45) is 0.973. The second-order valence-electron chi connectivity index (χ2n) is 4.77. The van der Waals surface area contributed by atoms with Crippen LogP contribution < -0.4 is 5.73 Å². The fourth-order valence-corrected chi connectivity index (χ4v) is 3.00. The van der Waals surface area contributed by atoms with E-state index < -0.39 is 0 Å². The molecule has 5 heteroatoms. The topological polar surface area (TPSA) is 46.3 Å². The lowest BCUT2D eigenvalue weighted by Gasteiger charge is -2.22. The third-order valence-corrected chi connectivity index (χ3v) is 4.34. The van der Waals surface area contributed by atoms with Gasteiger partial charge in [-0.25, -0.2) is 0 Å². The molecule has 1 aromatic rings. The molecule has 3 nitrogen and oxygen atoms in total. The normalized spacial score (nSPS) is 23.4. The number of carbonyl (C=O) groups is 1. The highest BCUT2D eigenvalue weighted by Gasteiger charge is 2.32. The highest BCUT2D eigenvalue weighted by Crippen LogP contribution is 2.28. The predicted molar refractivity (Wildman–Crippen MR) is 76.8 cm³/mol. The third kappa shape index (κ3) is 2.71. The van der Waals surface area contributed by atoms with Gasteiger partial charge in [0, 0.05) is 22.1 Å². The molecular weight excluding hydrogens is 316 g/mol. The average molecular weight is 332 g/mol. The molecule has 98 valence electrons. The van der Waals surface area contributed by atoms with Gasteiger partial charge in [0.2, 0.25) is 0 Å². The zero-order valence-corrected chi connectivity index (χ0v) is 12.5. The number of nitrogens with two attached hydrogens (primary N) is 1. The fourth-order valence-electron chi connectivity index (χ4n) is 2.41. The Kier molecular flexibility index (Phi) is 4.30. The Morgan fingerprint density at radius 1 is 1.61 bits per heavy atom. The summed E-state index contributed by atoms with van der Waals surface area (Å²) in [5.41, 5.74) is 6.30. The van der Waals surface area contributed by atoms with Crippen LogP contribution in [0.25, 0.3) is 0 Å². The number of amides is 1. The van der Waals surface area contributed by atoms with Crippen molar-refractivity contribution < 1.29 is 4.79 Å². The largest absolute Gasteiger partial charge is 0.336 e. The van der Waals surface area contributed by atoms with Gasteiger partial charge in [-0.15, -0.1) is 0 Å². The van der Waals surface area contributed by atoms with Crippen LogP contribution in [0.4, 0.5) is 0 Å². The molecule has 18 heavy (non-hydrogen) atoms. The second kappa shape index (κ2) is 5.59. The molecule has 1 aliphatic heterocycles. The Hall–Kier alpha value is -0.580. The minimum Gasteiger partial charge on any atom is -0.336 e. The first-order chi connectivity index (χ1) is 8.52. The number of halogens is 2. The molecule has 1 aromatic carbocycles. The zero-order valence-electron chi connectivity index (χ0n) is 10.2. The van der Waals surface area contributed by atoms with Gasteiger partial charge in [0.1, 0.15) is 0 Å². The van der Waals surface area contributed by atoms with E-state index in [-0.39, 0.29) is 11.9 Å². The van der Waals surface area contributed by atoms with Crippen LogP contribution in [0, 0.1) is 5.92 Å². The summed E-state index contributed by atoms with van der Waals surface area (Å²) in [5, 5.41) is 0.573. The van der Waals surface area contributed by atoms with Crippen LogP contribution in [0.15, 0.2) is 22.7 Å². The van der Waals surface area contributed by atoms with Crippen molar-refractivity contribution >= 4 is 33.4 Å². The van der Waals surface area contributed by atoms with Crippen molar-refractivity contribution in [2.24, 2.45) is 11.7 Å². The van der Waals surface area contributed by atoms with E-state index >= 15 is 0 Å². The van der Waals surface area contributed by atoms with Crippen molar-refractivity contribution in [2.45, 2.75) is 19.4 Å². The van der Waals surface area contributed by atoms with Gasteiger partial charge in [-0.05, 0) is 59.9 Å². The molecule has 0 aromatic heterocycles. The van der Waals surface area contributed by atoms with Gasteiger partial charge in [0.25, 0.3) is 5.91 Å². The zero-order chi connectivity index (χ0) is 13.3. The lowest BCUT2D eigenvalue weighted by Crippen LogP contribution is -2.34. The first-order valence-electron chi connectivity index (χ1n) is 5.99. The molecule has 0 aliphatic carbocycles. The molecule has 1 aliphatic rings. The van der Waals surface area contributed by atoms with Crippen LogP contribution in [0.3, 0.4) is 0 Å². The van der Waals surface area contributed by atoms with Crippen molar-refractivity contribution in [3.05, 3.63) is 33.3 Å². The molecule has 1 saturated heterocycles. The Balaban J connectivity index is 2.24. The molecule has 2 rings (SSSR count). The summed E-state index contributed by atoms with van der Waals surface area (Å²) in [7, 11) is 0. The van der Waals surface area contributed by atoms with Crippen LogP contribution in [0.5, 0.6) is 0 Å². The second-order valence-corrected chi connectivity index (χ2v) is 6.06. The van der Waals surface area contributed by atoms with E-state index in [1.54, 1.807) is 18.2 Å². The third-order valence-electron chi connectivity index (χ3n) is 3.41. The molecule has 1 fully saturated rings. The molecule has 0 bridgehead atoms.